The second kappa shape index (κ2) is 10.3. The summed E-state index contributed by atoms with van der Waals surface area (Å²) in [5.74, 6) is -1.32. The van der Waals surface area contributed by atoms with Crippen LogP contribution in [0, 0.1) is 6.92 Å². The van der Waals surface area contributed by atoms with E-state index in [1.807, 2.05) is 39.0 Å². The maximum absolute atomic E-state index is 13.6. The first-order valence-electron chi connectivity index (χ1n) is 12.2. The van der Waals surface area contributed by atoms with Gasteiger partial charge in [0, 0.05) is 5.02 Å². The molecule has 3 aromatic carbocycles. The number of halogens is 2. The van der Waals surface area contributed by atoms with Crippen LogP contribution < -0.4 is 14.4 Å². The predicted octanol–water partition coefficient (Wildman–Crippen LogP) is 6.60. The minimum Gasteiger partial charge on any atom is -0.507 e. The standard InChI is InChI=1S/C29H25Cl2N3O5/c1-14(2)39-18-8-6-16(7-9-18)24-23(25(35)19-12-17(30)13-20(31)27(19)38-4)26(36)28(37)34(24)29-32-21-10-5-15(3)11-22(21)33-29/h5-14,24,35H,1-4H3,(H,32,33)/b25-23+. The van der Waals surface area contributed by atoms with E-state index in [-0.39, 0.29) is 39.0 Å². The van der Waals surface area contributed by atoms with Crippen LogP contribution in [0.3, 0.4) is 0 Å². The third-order valence-corrected chi connectivity index (χ3v) is 6.83. The van der Waals surface area contributed by atoms with E-state index in [0.29, 0.717) is 22.3 Å². The number of ether oxygens (including phenoxy) is 2. The lowest BCUT2D eigenvalue weighted by Crippen LogP contribution is -2.30. The number of fused-ring (bicyclic) bond motifs is 1. The van der Waals surface area contributed by atoms with Gasteiger partial charge in [0.25, 0.3) is 5.78 Å². The maximum atomic E-state index is 13.6. The first-order valence-corrected chi connectivity index (χ1v) is 12.9. The number of aliphatic hydroxyl groups is 1. The third-order valence-electron chi connectivity index (χ3n) is 6.33. The molecule has 2 heterocycles. The molecule has 1 unspecified atom stereocenters. The molecule has 1 saturated heterocycles. The first kappa shape index (κ1) is 26.6. The van der Waals surface area contributed by atoms with Crippen LogP contribution >= 0.6 is 23.2 Å². The summed E-state index contributed by atoms with van der Waals surface area (Å²) in [6.07, 6.45) is -0.0412. The highest BCUT2D eigenvalue weighted by atomic mass is 35.5. The van der Waals surface area contributed by atoms with E-state index in [2.05, 4.69) is 9.97 Å². The second-order valence-electron chi connectivity index (χ2n) is 9.45. The molecular weight excluding hydrogens is 541 g/mol. The maximum Gasteiger partial charge on any atom is 0.302 e. The van der Waals surface area contributed by atoms with Crippen molar-refractivity contribution in [1.82, 2.24) is 9.97 Å². The minimum atomic E-state index is -1.03. The Morgan fingerprint density at radius 2 is 1.79 bits per heavy atom. The number of H-pyrrole nitrogens is 1. The van der Waals surface area contributed by atoms with Gasteiger partial charge in [0.2, 0.25) is 5.95 Å². The number of carbonyl (C=O) groups excluding carboxylic acids is 2. The fourth-order valence-electron chi connectivity index (χ4n) is 4.68. The van der Waals surface area contributed by atoms with Crippen molar-refractivity contribution in [3.8, 4) is 11.5 Å². The van der Waals surface area contributed by atoms with E-state index >= 15 is 0 Å². The summed E-state index contributed by atoms with van der Waals surface area (Å²) in [6.45, 7) is 5.77. The molecule has 39 heavy (non-hydrogen) atoms. The molecule has 1 fully saturated rings. The summed E-state index contributed by atoms with van der Waals surface area (Å²) in [5, 5.41) is 11.9. The minimum absolute atomic E-state index is 0.0412. The van der Waals surface area contributed by atoms with Crippen LogP contribution in [-0.2, 0) is 9.59 Å². The van der Waals surface area contributed by atoms with Crippen LogP contribution in [-0.4, -0.2) is 40.0 Å². The van der Waals surface area contributed by atoms with Crippen molar-refractivity contribution in [3.63, 3.8) is 0 Å². The molecule has 1 aromatic heterocycles. The molecule has 1 aliphatic heterocycles. The summed E-state index contributed by atoms with van der Waals surface area (Å²) < 4.78 is 11.2. The van der Waals surface area contributed by atoms with Gasteiger partial charge in [-0.2, -0.15) is 0 Å². The number of nitrogens with one attached hydrogen (secondary N) is 1. The van der Waals surface area contributed by atoms with Crippen LogP contribution in [0.1, 0.15) is 36.6 Å². The number of methoxy groups -OCH3 is 1. The predicted molar refractivity (Wildman–Crippen MR) is 151 cm³/mol. The second-order valence-corrected chi connectivity index (χ2v) is 10.3. The van der Waals surface area contributed by atoms with Crippen LogP contribution in [0.2, 0.25) is 10.0 Å². The number of imidazole rings is 1. The lowest BCUT2D eigenvalue weighted by Gasteiger charge is -2.23. The summed E-state index contributed by atoms with van der Waals surface area (Å²) in [5.41, 5.74) is 2.80. The number of benzene rings is 3. The quantitative estimate of drug-likeness (QED) is 0.155. The topological polar surface area (TPSA) is 105 Å². The molecule has 4 aromatic rings. The number of anilines is 1. The highest BCUT2D eigenvalue weighted by Crippen LogP contribution is 2.45. The summed E-state index contributed by atoms with van der Waals surface area (Å²) in [6, 6.07) is 14.5. The molecule has 1 aliphatic rings. The number of carbonyl (C=O) groups is 2. The zero-order valence-electron chi connectivity index (χ0n) is 21.6. The number of rotatable bonds is 6. The van der Waals surface area contributed by atoms with Crippen molar-refractivity contribution >= 4 is 57.6 Å². The van der Waals surface area contributed by atoms with Crippen molar-refractivity contribution in [2.45, 2.75) is 32.9 Å². The van der Waals surface area contributed by atoms with Crippen LogP contribution in [0.5, 0.6) is 11.5 Å². The monoisotopic (exact) mass is 565 g/mol. The number of aromatic amines is 1. The van der Waals surface area contributed by atoms with Crippen LogP contribution in [0.25, 0.3) is 16.8 Å². The Labute approximate surface area is 234 Å². The zero-order valence-corrected chi connectivity index (χ0v) is 23.1. The molecule has 0 bridgehead atoms. The molecule has 10 heteroatoms. The Morgan fingerprint density at radius 1 is 1.08 bits per heavy atom. The van der Waals surface area contributed by atoms with Gasteiger partial charge in [0.05, 0.1) is 46.4 Å². The van der Waals surface area contributed by atoms with E-state index in [4.69, 9.17) is 32.7 Å². The van der Waals surface area contributed by atoms with Gasteiger partial charge in [0.1, 0.15) is 17.3 Å². The largest absolute Gasteiger partial charge is 0.507 e. The van der Waals surface area contributed by atoms with E-state index in [1.165, 1.54) is 24.1 Å². The summed E-state index contributed by atoms with van der Waals surface area (Å²) in [7, 11) is 1.38. The Hall–Kier alpha value is -4.01. The van der Waals surface area contributed by atoms with Crippen molar-refractivity contribution in [2.24, 2.45) is 0 Å². The Kier molecular flexibility index (Phi) is 7.01. The Bertz CT molecular complexity index is 1640. The average molecular weight is 566 g/mol. The van der Waals surface area contributed by atoms with Gasteiger partial charge in [-0.3, -0.25) is 14.5 Å². The van der Waals surface area contributed by atoms with Gasteiger partial charge in [0.15, 0.2) is 0 Å². The van der Waals surface area contributed by atoms with Gasteiger partial charge in [-0.25, -0.2) is 4.98 Å². The lowest BCUT2D eigenvalue weighted by molar-refractivity contribution is -0.132. The fourth-order valence-corrected chi connectivity index (χ4v) is 5.25. The van der Waals surface area contributed by atoms with Crippen molar-refractivity contribution in [1.29, 1.82) is 0 Å². The van der Waals surface area contributed by atoms with Crippen molar-refractivity contribution in [2.75, 3.05) is 12.0 Å². The van der Waals surface area contributed by atoms with Crippen LogP contribution in [0.15, 0.2) is 60.2 Å². The summed E-state index contributed by atoms with van der Waals surface area (Å²) >= 11 is 12.5. The molecule has 200 valence electrons. The van der Waals surface area contributed by atoms with Crippen LogP contribution in [0.4, 0.5) is 5.95 Å². The lowest BCUT2D eigenvalue weighted by atomic mass is 9.95. The molecular formula is C29H25Cl2N3O5. The zero-order chi connectivity index (χ0) is 28.0. The van der Waals surface area contributed by atoms with Crippen molar-refractivity contribution in [3.05, 3.63) is 86.9 Å². The van der Waals surface area contributed by atoms with Gasteiger partial charge in [-0.1, -0.05) is 41.4 Å². The molecule has 1 amide bonds. The number of ketones is 1. The molecule has 1 atom stereocenters. The van der Waals surface area contributed by atoms with Gasteiger partial charge >= 0.3 is 5.91 Å². The molecule has 0 saturated carbocycles. The van der Waals surface area contributed by atoms with E-state index in [0.717, 1.165) is 5.56 Å². The number of hydrogen-bond donors (Lipinski definition) is 2. The number of aromatic nitrogens is 2. The Balaban J connectivity index is 1.74. The number of aryl methyl sites for hydroxylation is 1. The Morgan fingerprint density at radius 3 is 2.46 bits per heavy atom. The smallest absolute Gasteiger partial charge is 0.302 e. The number of Topliss-reactive ketones (excluding diaryl/α,β-unsaturated/α-hetero) is 1. The molecule has 0 spiro atoms. The number of amides is 1. The fraction of sp³-hybridized carbons (Fsp3) is 0.207. The van der Waals surface area contributed by atoms with Gasteiger partial charge in [-0.05, 0) is 68.3 Å². The van der Waals surface area contributed by atoms with Crippen molar-refractivity contribution < 1.29 is 24.2 Å². The number of aliphatic hydroxyl groups excluding tert-OH is 1. The molecule has 0 aliphatic carbocycles. The first-order chi connectivity index (χ1) is 18.6. The number of hydrogen-bond acceptors (Lipinski definition) is 6. The van der Waals surface area contributed by atoms with E-state index < -0.39 is 23.5 Å². The highest BCUT2D eigenvalue weighted by molar-refractivity contribution is 6.51. The van der Waals surface area contributed by atoms with Gasteiger partial charge < -0.3 is 19.6 Å². The van der Waals surface area contributed by atoms with E-state index in [9.17, 15) is 14.7 Å². The molecule has 8 nitrogen and oxygen atoms in total. The molecule has 5 rings (SSSR count). The summed E-state index contributed by atoms with van der Waals surface area (Å²) in [4.78, 5) is 36.1. The SMILES string of the molecule is COc1c(Cl)cc(Cl)cc1/C(O)=C1\C(=O)C(=O)N(c2nc3ccc(C)cc3[nH]2)C1c1ccc(OC(C)C)cc1. The normalized spacial score (nSPS) is 16.9. The molecule has 0 radical (unpaired) electrons. The molecule has 2 N–H and O–H groups in total. The number of nitrogens with zero attached hydrogens (tertiary/aromatic N) is 2. The van der Waals surface area contributed by atoms with E-state index in [1.54, 1.807) is 24.3 Å². The average Bonchev–Trinajstić information content (AvgIpc) is 3.41. The van der Waals surface area contributed by atoms with Gasteiger partial charge in [-0.15, -0.1) is 0 Å². The third kappa shape index (κ3) is 4.82. The highest BCUT2D eigenvalue weighted by Gasteiger charge is 2.48.